The van der Waals surface area contributed by atoms with Gasteiger partial charge in [0, 0.05) is 0 Å². The molecule has 6 nitrogen and oxygen atoms in total. The average molecular weight is 308 g/mol. The summed E-state index contributed by atoms with van der Waals surface area (Å²) in [6.45, 7) is 3.62. The number of carbonyl (C=O) groups is 1. The van der Waals surface area contributed by atoms with Crippen LogP contribution in [0.25, 0.3) is 5.78 Å². The third-order valence-electron chi connectivity index (χ3n) is 2.78. The minimum absolute atomic E-state index is 0.209. The van der Waals surface area contributed by atoms with E-state index in [9.17, 15) is 4.79 Å². The molecule has 102 valence electrons. The van der Waals surface area contributed by atoms with Crippen LogP contribution in [-0.4, -0.2) is 25.5 Å². The number of anilines is 1. The first-order chi connectivity index (χ1) is 9.56. The molecule has 0 fully saturated rings. The highest BCUT2D eigenvalue weighted by molar-refractivity contribution is 7.12. The minimum Gasteiger partial charge on any atom is -0.288 e. The molecule has 3 heterocycles. The number of halogens is 1. The topological polar surface area (TPSA) is 72.2 Å². The molecule has 3 aromatic heterocycles. The van der Waals surface area contributed by atoms with Crippen LogP contribution in [0, 0.1) is 13.8 Å². The van der Waals surface area contributed by atoms with Gasteiger partial charge in [0.2, 0.25) is 0 Å². The summed E-state index contributed by atoms with van der Waals surface area (Å²) in [6.07, 6.45) is 0. The molecule has 0 saturated carbocycles. The zero-order valence-electron chi connectivity index (χ0n) is 10.7. The van der Waals surface area contributed by atoms with Gasteiger partial charge in [0.15, 0.2) is 0 Å². The zero-order chi connectivity index (χ0) is 14.3. The van der Waals surface area contributed by atoms with E-state index in [1.54, 1.807) is 13.0 Å². The molecule has 0 saturated heterocycles. The van der Waals surface area contributed by atoms with Gasteiger partial charge in [-0.1, -0.05) is 17.7 Å². The Kier molecular flexibility index (Phi) is 3.15. The number of amides is 1. The molecule has 1 amide bonds. The highest BCUT2D eigenvalue weighted by atomic mass is 35.5. The molecular weight excluding hydrogens is 298 g/mol. The molecule has 20 heavy (non-hydrogen) atoms. The van der Waals surface area contributed by atoms with Crippen molar-refractivity contribution >= 4 is 40.6 Å². The Balaban J connectivity index is 1.98. The number of aryl methyl sites for hydroxylation is 2. The van der Waals surface area contributed by atoms with Crippen LogP contribution >= 0.6 is 22.9 Å². The molecule has 0 unspecified atom stereocenters. The second-order valence-electron chi connectivity index (χ2n) is 4.18. The number of nitrogens with zero attached hydrogens (tertiary/aromatic N) is 4. The lowest BCUT2D eigenvalue weighted by Crippen LogP contribution is -2.11. The molecule has 3 aromatic rings. The first-order valence-electron chi connectivity index (χ1n) is 5.80. The first kappa shape index (κ1) is 13.0. The number of fused-ring (bicyclic) bond motifs is 1. The number of hydrogen-bond acceptors (Lipinski definition) is 5. The van der Waals surface area contributed by atoms with Crippen LogP contribution < -0.4 is 5.32 Å². The standard InChI is InChI=1S/C12H10ClN5OS/c1-6-9(13)7(2)18-12(14-6)16-11(17-18)15-10(19)8-4-3-5-20-8/h3-5H,1-2H3,(H,15,17,19). The number of carbonyl (C=O) groups excluding carboxylic acids is 1. The molecule has 3 rings (SSSR count). The largest absolute Gasteiger partial charge is 0.288 e. The second kappa shape index (κ2) is 4.84. The van der Waals surface area contributed by atoms with Crippen LogP contribution in [0.5, 0.6) is 0 Å². The Morgan fingerprint density at radius 2 is 2.20 bits per heavy atom. The van der Waals surface area contributed by atoms with Gasteiger partial charge < -0.3 is 0 Å². The molecule has 0 aliphatic rings. The number of rotatable bonds is 2. The predicted molar refractivity (Wildman–Crippen MR) is 77.5 cm³/mol. The van der Waals surface area contributed by atoms with Gasteiger partial charge in [0.1, 0.15) is 0 Å². The van der Waals surface area contributed by atoms with E-state index >= 15 is 0 Å². The molecule has 0 radical (unpaired) electrons. The summed E-state index contributed by atoms with van der Waals surface area (Å²) in [5.74, 6) is 0.378. The summed E-state index contributed by atoms with van der Waals surface area (Å²) >= 11 is 7.47. The summed E-state index contributed by atoms with van der Waals surface area (Å²) in [5.41, 5.74) is 1.42. The Morgan fingerprint density at radius 3 is 2.90 bits per heavy atom. The number of aromatic nitrogens is 4. The van der Waals surface area contributed by atoms with Crippen molar-refractivity contribution in [3.05, 3.63) is 38.8 Å². The molecule has 0 aromatic carbocycles. The van der Waals surface area contributed by atoms with E-state index in [0.717, 1.165) is 5.69 Å². The number of hydrogen-bond donors (Lipinski definition) is 1. The first-order valence-corrected chi connectivity index (χ1v) is 7.06. The van der Waals surface area contributed by atoms with E-state index in [0.29, 0.717) is 21.4 Å². The molecular formula is C12H10ClN5OS. The van der Waals surface area contributed by atoms with E-state index < -0.39 is 0 Å². The maximum Gasteiger partial charge on any atom is 0.268 e. The Morgan fingerprint density at radius 1 is 1.40 bits per heavy atom. The third kappa shape index (κ3) is 2.14. The van der Waals surface area contributed by atoms with Crippen molar-refractivity contribution in [2.24, 2.45) is 0 Å². The molecule has 0 spiro atoms. The van der Waals surface area contributed by atoms with Crippen molar-refractivity contribution < 1.29 is 4.79 Å². The number of thiophene rings is 1. The van der Waals surface area contributed by atoms with Crippen LogP contribution in [0.4, 0.5) is 5.95 Å². The normalized spacial score (nSPS) is 10.9. The smallest absolute Gasteiger partial charge is 0.268 e. The van der Waals surface area contributed by atoms with Gasteiger partial charge in [0.05, 0.1) is 21.3 Å². The SMILES string of the molecule is Cc1nc2nc(NC(=O)c3cccs3)nn2c(C)c1Cl. The molecule has 0 aliphatic heterocycles. The summed E-state index contributed by atoms with van der Waals surface area (Å²) < 4.78 is 1.51. The minimum atomic E-state index is -0.239. The van der Waals surface area contributed by atoms with E-state index in [-0.39, 0.29) is 11.9 Å². The van der Waals surface area contributed by atoms with Crippen molar-refractivity contribution in [2.75, 3.05) is 5.32 Å². The Bertz CT molecular complexity index is 796. The summed E-state index contributed by atoms with van der Waals surface area (Å²) in [6, 6.07) is 3.55. The fourth-order valence-corrected chi connectivity index (χ4v) is 2.52. The average Bonchev–Trinajstić information content (AvgIpc) is 3.05. The van der Waals surface area contributed by atoms with E-state index in [4.69, 9.17) is 11.6 Å². The molecule has 0 bridgehead atoms. The monoisotopic (exact) mass is 307 g/mol. The summed E-state index contributed by atoms with van der Waals surface area (Å²) in [7, 11) is 0. The lowest BCUT2D eigenvalue weighted by atomic mass is 10.3. The van der Waals surface area contributed by atoms with Crippen molar-refractivity contribution in [3.8, 4) is 0 Å². The van der Waals surface area contributed by atoms with E-state index in [1.807, 2.05) is 18.4 Å². The predicted octanol–water partition coefficient (Wildman–Crippen LogP) is 2.71. The van der Waals surface area contributed by atoms with Crippen LogP contribution in [-0.2, 0) is 0 Å². The molecule has 1 N–H and O–H groups in total. The highest BCUT2D eigenvalue weighted by Crippen LogP contribution is 2.19. The Hall–Kier alpha value is -1.99. The fraction of sp³-hybridized carbons (Fsp3) is 0.167. The van der Waals surface area contributed by atoms with Crippen LogP contribution in [0.1, 0.15) is 21.1 Å². The van der Waals surface area contributed by atoms with E-state index in [1.165, 1.54) is 15.9 Å². The van der Waals surface area contributed by atoms with Crippen molar-refractivity contribution in [3.63, 3.8) is 0 Å². The van der Waals surface area contributed by atoms with Gasteiger partial charge in [-0.05, 0) is 25.3 Å². The molecule has 0 atom stereocenters. The lowest BCUT2D eigenvalue weighted by molar-refractivity contribution is 0.102. The van der Waals surface area contributed by atoms with Gasteiger partial charge in [-0.25, -0.2) is 4.98 Å². The molecule has 0 aliphatic carbocycles. The summed E-state index contributed by atoms with van der Waals surface area (Å²) in [5, 5.41) is 9.22. The third-order valence-corrected chi connectivity index (χ3v) is 4.20. The van der Waals surface area contributed by atoms with Crippen LogP contribution in [0.3, 0.4) is 0 Å². The zero-order valence-corrected chi connectivity index (χ0v) is 12.3. The van der Waals surface area contributed by atoms with Crippen molar-refractivity contribution in [1.29, 1.82) is 0 Å². The van der Waals surface area contributed by atoms with Crippen LogP contribution in [0.2, 0.25) is 5.02 Å². The highest BCUT2D eigenvalue weighted by Gasteiger charge is 2.14. The summed E-state index contributed by atoms with van der Waals surface area (Å²) in [4.78, 5) is 20.9. The Labute approximate surface area is 123 Å². The van der Waals surface area contributed by atoms with Gasteiger partial charge in [-0.15, -0.1) is 16.4 Å². The maximum atomic E-state index is 11.9. The van der Waals surface area contributed by atoms with Gasteiger partial charge in [0.25, 0.3) is 17.6 Å². The lowest BCUT2D eigenvalue weighted by Gasteiger charge is -2.02. The van der Waals surface area contributed by atoms with Crippen LogP contribution in [0.15, 0.2) is 17.5 Å². The van der Waals surface area contributed by atoms with Crippen molar-refractivity contribution in [2.45, 2.75) is 13.8 Å². The van der Waals surface area contributed by atoms with Crippen molar-refractivity contribution in [1.82, 2.24) is 19.6 Å². The van der Waals surface area contributed by atoms with E-state index in [2.05, 4.69) is 20.4 Å². The fourth-order valence-electron chi connectivity index (χ4n) is 1.78. The quantitative estimate of drug-likeness (QED) is 0.790. The second-order valence-corrected chi connectivity index (χ2v) is 5.50. The molecule has 8 heteroatoms. The maximum absolute atomic E-state index is 11.9. The van der Waals surface area contributed by atoms with Gasteiger partial charge >= 0.3 is 0 Å². The number of nitrogens with one attached hydrogen (secondary N) is 1. The van der Waals surface area contributed by atoms with Gasteiger partial charge in [-0.2, -0.15) is 9.50 Å². The van der Waals surface area contributed by atoms with Gasteiger partial charge in [-0.3, -0.25) is 10.1 Å².